The number of anilines is 2. The number of rotatable bonds is 5. The first-order valence-corrected chi connectivity index (χ1v) is 9.51. The van der Waals surface area contributed by atoms with E-state index in [4.69, 9.17) is 4.63 Å². The third-order valence-electron chi connectivity index (χ3n) is 5.24. The molecule has 9 heteroatoms. The highest BCUT2D eigenvalue weighted by Gasteiger charge is 2.29. The van der Waals surface area contributed by atoms with Gasteiger partial charge in [0.25, 0.3) is 0 Å². The van der Waals surface area contributed by atoms with Gasteiger partial charge in [-0.25, -0.2) is 14.6 Å². The summed E-state index contributed by atoms with van der Waals surface area (Å²) in [6.45, 7) is 6.20. The summed E-state index contributed by atoms with van der Waals surface area (Å²) in [5.74, 6) is 2.03. The van der Waals surface area contributed by atoms with E-state index in [9.17, 15) is 4.79 Å². The van der Waals surface area contributed by atoms with Gasteiger partial charge in [-0.2, -0.15) is 0 Å². The quantitative estimate of drug-likeness (QED) is 0.860. The van der Waals surface area contributed by atoms with Crippen LogP contribution in [0.15, 0.2) is 4.63 Å². The van der Waals surface area contributed by atoms with Crippen LogP contribution in [0.4, 0.5) is 11.6 Å². The first-order chi connectivity index (χ1) is 12.7. The van der Waals surface area contributed by atoms with Crippen molar-refractivity contribution < 1.29 is 9.42 Å². The van der Waals surface area contributed by atoms with Crippen molar-refractivity contribution >= 4 is 28.8 Å². The highest BCUT2D eigenvalue weighted by Crippen LogP contribution is 2.27. The molecule has 0 saturated carbocycles. The molecule has 0 unspecified atom stereocenters. The Kier molecular flexibility index (Phi) is 4.85. The average molecular weight is 359 g/mol. The SMILES string of the molecule is CCN1C[C@@H](CNc2nc3nonc3nc2N2CCCCCC2)CC1=O. The molecule has 2 aromatic heterocycles. The molecule has 2 saturated heterocycles. The molecule has 0 spiro atoms. The van der Waals surface area contributed by atoms with Gasteiger partial charge in [-0.1, -0.05) is 12.8 Å². The fourth-order valence-corrected chi connectivity index (χ4v) is 3.79. The van der Waals surface area contributed by atoms with Gasteiger partial charge in [0, 0.05) is 45.1 Å². The Hall–Kier alpha value is -2.45. The summed E-state index contributed by atoms with van der Waals surface area (Å²) in [7, 11) is 0. The van der Waals surface area contributed by atoms with E-state index in [-0.39, 0.29) is 11.8 Å². The van der Waals surface area contributed by atoms with E-state index < -0.39 is 0 Å². The normalized spacial score (nSPS) is 21.4. The minimum absolute atomic E-state index is 0.231. The average Bonchev–Trinajstić information content (AvgIpc) is 3.15. The number of fused-ring (bicyclic) bond motifs is 1. The Bertz CT molecular complexity index is 770. The van der Waals surface area contributed by atoms with Crippen LogP contribution in [0.25, 0.3) is 11.3 Å². The molecule has 140 valence electrons. The molecule has 4 rings (SSSR count). The maximum atomic E-state index is 12.0. The summed E-state index contributed by atoms with van der Waals surface area (Å²) in [6, 6.07) is 0. The summed E-state index contributed by atoms with van der Waals surface area (Å²) < 4.78 is 4.78. The Morgan fingerprint density at radius 2 is 1.85 bits per heavy atom. The van der Waals surface area contributed by atoms with E-state index in [2.05, 4.69) is 30.5 Å². The molecule has 1 atom stereocenters. The lowest BCUT2D eigenvalue weighted by Gasteiger charge is -2.24. The summed E-state index contributed by atoms with van der Waals surface area (Å²) in [6.07, 6.45) is 5.38. The topological polar surface area (TPSA) is 100 Å². The zero-order valence-electron chi connectivity index (χ0n) is 15.1. The Morgan fingerprint density at radius 3 is 2.54 bits per heavy atom. The number of hydrogen-bond donors (Lipinski definition) is 1. The summed E-state index contributed by atoms with van der Waals surface area (Å²) in [4.78, 5) is 25.4. The number of nitrogens with one attached hydrogen (secondary N) is 1. The van der Waals surface area contributed by atoms with Gasteiger partial charge in [0.2, 0.25) is 17.2 Å². The largest absolute Gasteiger partial charge is 0.367 e. The van der Waals surface area contributed by atoms with E-state index in [0.717, 1.165) is 44.8 Å². The molecular weight excluding hydrogens is 334 g/mol. The van der Waals surface area contributed by atoms with Crippen molar-refractivity contribution in [2.75, 3.05) is 42.9 Å². The monoisotopic (exact) mass is 359 g/mol. The lowest BCUT2D eigenvalue weighted by molar-refractivity contribution is -0.127. The number of aromatic nitrogens is 4. The molecule has 1 N–H and O–H groups in total. The van der Waals surface area contributed by atoms with Gasteiger partial charge < -0.3 is 15.1 Å². The summed E-state index contributed by atoms with van der Waals surface area (Å²) in [5, 5.41) is 11.1. The van der Waals surface area contributed by atoms with Crippen LogP contribution in [-0.2, 0) is 4.79 Å². The van der Waals surface area contributed by atoms with Crippen LogP contribution < -0.4 is 10.2 Å². The minimum atomic E-state index is 0.231. The Morgan fingerprint density at radius 1 is 1.12 bits per heavy atom. The second kappa shape index (κ2) is 7.43. The highest BCUT2D eigenvalue weighted by molar-refractivity contribution is 5.79. The second-order valence-corrected chi connectivity index (χ2v) is 7.09. The maximum Gasteiger partial charge on any atom is 0.245 e. The van der Waals surface area contributed by atoms with E-state index in [1.165, 1.54) is 12.8 Å². The van der Waals surface area contributed by atoms with Crippen molar-refractivity contribution in [1.29, 1.82) is 0 Å². The number of nitrogens with zero attached hydrogens (tertiary/aromatic N) is 6. The molecular formula is C17H25N7O2. The fourth-order valence-electron chi connectivity index (χ4n) is 3.79. The predicted octanol–water partition coefficient (Wildman–Crippen LogP) is 1.67. The zero-order valence-corrected chi connectivity index (χ0v) is 15.1. The molecule has 1 amide bonds. The van der Waals surface area contributed by atoms with Crippen molar-refractivity contribution in [2.24, 2.45) is 5.92 Å². The van der Waals surface area contributed by atoms with Crippen LogP contribution in [0.5, 0.6) is 0 Å². The predicted molar refractivity (Wildman–Crippen MR) is 96.9 cm³/mol. The van der Waals surface area contributed by atoms with Crippen molar-refractivity contribution in [3.05, 3.63) is 0 Å². The van der Waals surface area contributed by atoms with Crippen LogP contribution in [0.2, 0.25) is 0 Å². The standard InChI is InChI=1S/C17H25N7O2/c1-2-23-11-12(9-13(23)25)10-18-16-17(24-7-5-3-4-6-8-24)20-15-14(19-16)21-26-22-15/h12H,2-11H2,1H3,(H,18,19,21)/t12-/m1/s1. The van der Waals surface area contributed by atoms with E-state index >= 15 is 0 Å². The van der Waals surface area contributed by atoms with Crippen molar-refractivity contribution in [3.8, 4) is 0 Å². The second-order valence-electron chi connectivity index (χ2n) is 7.09. The van der Waals surface area contributed by atoms with Gasteiger partial charge in [-0.05, 0) is 30.1 Å². The number of amides is 1. The molecule has 2 fully saturated rings. The van der Waals surface area contributed by atoms with Crippen LogP contribution in [0, 0.1) is 5.92 Å². The molecule has 26 heavy (non-hydrogen) atoms. The molecule has 0 bridgehead atoms. The Labute approximate surface area is 152 Å². The molecule has 4 heterocycles. The van der Waals surface area contributed by atoms with Gasteiger partial charge >= 0.3 is 0 Å². The van der Waals surface area contributed by atoms with Gasteiger partial charge in [0.1, 0.15) is 0 Å². The summed E-state index contributed by atoms with van der Waals surface area (Å²) >= 11 is 0. The molecule has 0 aliphatic carbocycles. The number of carbonyl (C=O) groups is 1. The number of hydrogen-bond acceptors (Lipinski definition) is 8. The van der Waals surface area contributed by atoms with Crippen LogP contribution in [-0.4, -0.2) is 63.8 Å². The number of likely N-dealkylation sites (tertiary alicyclic amines) is 1. The minimum Gasteiger partial charge on any atom is -0.367 e. The molecule has 2 aromatic rings. The maximum absolute atomic E-state index is 12.0. The zero-order chi connectivity index (χ0) is 17.9. The lowest BCUT2D eigenvalue weighted by Crippen LogP contribution is -2.28. The van der Waals surface area contributed by atoms with Crippen molar-refractivity contribution in [3.63, 3.8) is 0 Å². The van der Waals surface area contributed by atoms with Gasteiger partial charge in [0.15, 0.2) is 11.6 Å². The molecule has 0 radical (unpaired) electrons. The fraction of sp³-hybridized carbons (Fsp3) is 0.706. The third kappa shape index (κ3) is 3.42. The Balaban J connectivity index is 1.54. The molecule has 2 aliphatic heterocycles. The third-order valence-corrected chi connectivity index (χ3v) is 5.24. The van der Waals surface area contributed by atoms with Crippen molar-refractivity contribution in [2.45, 2.75) is 39.0 Å². The van der Waals surface area contributed by atoms with Crippen LogP contribution in [0.3, 0.4) is 0 Å². The first-order valence-electron chi connectivity index (χ1n) is 9.51. The summed E-state index contributed by atoms with van der Waals surface area (Å²) in [5.41, 5.74) is 0.840. The molecule has 0 aromatic carbocycles. The van der Waals surface area contributed by atoms with Gasteiger partial charge in [-0.15, -0.1) is 0 Å². The molecule has 2 aliphatic rings. The first kappa shape index (κ1) is 17.0. The van der Waals surface area contributed by atoms with Crippen LogP contribution in [0.1, 0.15) is 39.0 Å². The van der Waals surface area contributed by atoms with E-state index in [1.54, 1.807) is 0 Å². The number of carbonyl (C=O) groups excluding carboxylic acids is 1. The van der Waals surface area contributed by atoms with Gasteiger partial charge in [-0.3, -0.25) is 4.79 Å². The van der Waals surface area contributed by atoms with E-state index in [1.807, 2.05) is 11.8 Å². The molecule has 9 nitrogen and oxygen atoms in total. The lowest BCUT2D eigenvalue weighted by atomic mass is 10.1. The van der Waals surface area contributed by atoms with Crippen molar-refractivity contribution in [1.82, 2.24) is 25.2 Å². The smallest absolute Gasteiger partial charge is 0.245 e. The van der Waals surface area contributed by atoms with Gasteiger partial charge in [0.05, 0.1) is 0 Å². The highest BCUT2D eigenvalue weighted by atomic mass is 16.6. The van der Waals surface area contributed by atoms with E-state index in [0.29, 0.717) is 30.1 Å². The van der Waals surface area contributed by atoms with Crippen LogP contribution >= 0.6 is 0 Å².